The molecule has 3 rings (SSSR count). The van der Waals surface area contributed by atoms with E-state index in [1.807, 2.05) is 24.3 Å². The van der Waals surface area contributed by atoms with Crippen LogP contribution in [0.1, 0.15) is 19.3 Å². The first-order valence-corrected chi connectivity index (χ1v) is 8.32. The lowest BCUT2D eigenvalue weighted by atomic mass is 10.1. The van der Waals surface area contributed by atoms with E-state index < -0.39 is 0 Å². The molecule has 1 aromatic carbocycles. The highest BCUT2D eigenvalue weighted by Gasteiger charge is 2.18. The van der Waals surface area contributed by atoms with Crippen molar-refractivity contribution in [2.24, 2.45) is 0 Å². The molecule has 112 valence electrons. The summed E-state index contributed by atoms with van der Waals surface area (Å²) in [5.74, 6) is 7.51. The maximum atomic E-state index is 6.18. The van der Waals surface area contributed by atoms with Gasteiger partial charge in [0, 0.05) is 17.9 Å². The maximum absolute atomic E-state index is 6.18. The summed E-state index contributed by atoms with van der Waals surface area (Å²) in [6, 6.07) is 7.47. The molecule has 21 heavy (non-hydrogen) atoms. The number of rotatable bonds is 4. The number of nitrogen functional groups attached to an aromatic ring is 1. The first-order chi connectivity index (χ1) is 10.3. The van der Waals surface area contributed by atoms with Crippen molar-refractivity contribution in [1.82, 2.24) is 14.9 Å². The first kappa shape index (κ1) is 14.7. The monoisotopic (exact) mass is 324 g/mol. The van der Waals surface area contributed by atoms with Crippen molar-refractivity contribution in [3.05, 3.63) is 29.3 Å². The van der Waals surface area contributed by atoms with Crippen molar-refractivity contribution in [3.63, 3.8) is 0 Å². The molecule has 2 heterocycles. The summed E-state index contributed by atoms with van der Waals surface area (Å²) in [4.78, 5) is 0. The molecule has 7 heteroatoms. The van der Waals surface area contributed by atoms with Gasteiger partial charge in [0.05, 0.1) is 11.1 Å². The lowest BCUT2D eigenvalue weighted by molar-refractivity contribution is 0.0315. The Kier molecular flexibility index (Phi) is 4.67. The molecule has 0 saturated carbocycles. The van der Waals surface area contributed by atoms with Gasteiger partial charge in [0.2, 0.25) is 5.16 Å². The molecule has 2 aromatic rings. The smallest absolute Gasteiger partial charge is 0.210 e. The molecule has 0 bridgehead atoms. The summed E-state index contributed by atoms with van der Waals surface area (Å²) in [5.41, 5.74) is 0.787. The van der Waals surface area contributed by atoms with Gasteiger partial charge in [0.25, 0.3) is 0 Å². The fourth-order valence-electron chi connectivity index (χ4n) is 2.31. The Morgan fingerprint density at radius 1 is 1.33 bits per heavy atom. The molecule has 1 saturated heterocycles. The number of halogens is 1. The van der Waals surface area contributed by atoms with Crippen molar-refractivity contribution < 1.29 is 4.74 Å². The van der Waals surface area contributed by atoms with Gasteiger partial charge in [-0.3, -0.25) is 0 Å². The van der Waals surface area contributed by atoms with Crippen LogP contribution in [0.2, 0.25) is 5.02 Å². The molecule has 1 fully saturated rings. The molecule has 0 spiro atoms. The number of aromatic nitrogens is 3. The second-order valence-electron chi connectivity index (χ2n) is 4.96. The summed E-state index contributed by atoms with van der Waals surface area (Å²) >= 11 is 7.75. The molecule has 1 aliphatic heterocycles. The number of benzene rings is 1. The van der Waals surface area contributed by atoms with Crippen LogP contribution in [0.15, 0.2) is 29.4 Å². The van der Waals surface area contributed by atoms with Crippen molar-refractivity contribution in [2.75, 3.05) is 18.2 Å². The van der Waals surface area contributed by atoms with Gasteiger partial charge in [0.1, 0.15) is 0 Å². The topological polar surface area (TPSA) is 66.0 Å². The normalized spacial score (nSPS) is 18.8. The summed E-state index contributed by atoms with van der Waals surface area (Å²) in [6.45, 7) is 0.853. The molecule has 2 N–H and O–H groups in total. The first-order valence-electron chi connectivity index (χ1n) is 6.95. The second kappa shape index (κ2) is 6.68. The Balaban J connectivity index is 1.72. The molecule has 5 nitrogen and oxygen atoms in total. The van der Waals surface area contributed by atoms with Crippen LogP contribution in [0.25, 0.3) is 11.4 Å². The van der Waals surface area contributed by atoms with Gasteiger partial charge in [-0.05, 0) is 31.4 Å². The third kappa shape index (κ3) is 3.33. The minimum Gasteiger partial charge on any atom is -0.377 e. The largest absolute Gasteiger partial charge is 0.377 e. The van der Waals surface area contributed by atoms with Crippen molar-refractivity contribution in [2.45, 2.75) is 30.5 Å². The quantitative estimate of drug-likeness (QED) is 0.692. The number of hydrogen-bond donors (Lipinski definition) is 1. The molecule has 0 aliphatic carbocycles. The number of thioether (sulfide) groups is 1. The fraction of sp³-hybridized carbons (Fsp3) is 0.429. The van der Waals surface area contributed by atoms with Crippen molar-refractivity contribution in [3.8, 4) is 11.4 Å². The van der Waals surface area contributed by atoms with E-state index in [1.165, 1.54) is 11.1 Å². The fourth-order valence-corrected chi connectivity index (χ4v) is 3.45. The standard InChI is InChI=1S/C14H17ClN4OS/c15-12-7-2-1-6-11(12)13-17-18-14(19(13)16)21-9-10-5-3-4-8-20-10/h1-2,6-7,10H,3-5,8-9,16H2. The Morgan fingerprint density at radius 2 is 2.19 bits per heavy atom. The van der Waals surface area contributed by atoms with Crippen LogP contribution in [-0.4, -0.2) is 33.3 Å². The highest BCUT2D eigenvalue weighted by molar-refractivity contribution is 7.99. The molecule has 0 amide bonds. The van der Waals surface area contributed by atoms with E-state index in [-0.39, 0.29) is 6.10 Å². The van der Waals surface area contributed by atoms with Crippen molar-refractivity contribution >= 4 is 23.4 Å². The van der Waals surface area contributed by atoms with Crippen LogP contribution in [0.5, 0.6) is 0 Å². The van der Waals surface area contributed by atoms with E-state index in [4.69, 9.17) is 22.2 Å². The van der Waals surface area contributed by atoms with Crippen LogP contribution in [0.4, 0.5) is 0 Å². The summed E-state index contributed by atoms with van der Waals surface area (Å²) in [5, 5.41) is 9.60. The highest BCUT2D eigenvalue weighted by Crippen LogP contribution is 2.28. The van der Waals surface area contributed by atoms with E-state index in [1.54, 1.807) is 11.8 Å². The van der Waals surface area contributed by atoms with Gasteiger partial charge in [-0.15, -0.1) is 10.2 Å². The highest BCUT2D eigenvalue weighted by atomic mass is 35.5. The number of nitrogens with two attached hydrogens (primary N) is 1. The molecule has 1 aromatic heterocycles. The predicted molar refractivity (Wildman–Crippen MR) is 84.9 cm³/mol. The molecular formula is C14H17ClN4OS. The van der Waals surface area contributed by atoms with E-state index in [0.29, 0.717) is 16.0 Å². The van der Waals surface area contributed by atoms with Crippen LogP contribution < -0.4 is 5.84 Å². The summed E-state index contributed by atoms with van der Waals surface area (Å²) < 4.78 is 7.20. The van der Waals surface area contributed by atoms with Gasteiger partial charge >= 0.3 is 0 Å². The Labute approximate surface area is 132 Å². The van der Waals surface area contributed by atoms with E-state index in [9.17, 15) is 0 Å². The van der Waals surface area contributed by atoms with Gasteiger partial charge in [-0.25, -0.2) is 4.68 Å². The van der Waals surface area contributed by atoms with E-state index in [2.05, 4.69) is 10.2 Å². The third-order valence-corrected chi connectivity index (χ3v) is 4.86. The SMILES string of the molecule is Nn1c(SCC2CCCCO2)nnc1-c1ccccc1Cl. The Bertz CT molecular complexity index is 613. The zero-order valence-electron chi connectivity index (χ0n) is 11.5. The Morgan fingerprint density at radius 3 is 2.95 bits per heavy atom. The number of nitrogens with zero attached hydrogens (tertiary/aromatic N) is 3. The Hall–Kier alpha value is -1.24. The number of ether oxygens (including phenoxy) is 1. The third-order valence-electron chi connectivity index (χ3n) is 3.45. The van der Waals surface area contributed by atoms with Crippen LogP contribution in [0.3, 0.4) is 0 Å². The molecule has 1 aliphatic rings. The lowest BCUT2D eigenvalue weighted by Gasteiger charge is -2.21. The summed E-state index contributed by atoms with van der Waals surface area (Å²) in [7, 11) is 0. The van der Waals surface area contributed by atoms with E-state index >= 15 is 0 Å². The van der Waals surface area contributed by atoms with Crippen LogP contribution in [0, 0.1) is 0 Å². The summed E-state index contributed by atoms with van der Waals surface area (Å²) in [6.07, 6.45) is 3.77. The average Bonchev–Trinajstić information content (AvgIpc) is 2.88. The zero-order valence-corrected chi connectivity index (χ0v) is 13.1. The minimum absolute atomic E-state index is 0.282. The molecule has 0 radical (unpaired) electrons. The zero-order chi connectivity index (χ0) is 14.7. The van der Waals surface area contributed by atoms with Gasteiger partial charge in [-0.1, -0.05) is 35.5 Å². The number of hydrogen-bond acceptors (Lipinski definition) is 5. The maximum Gasteiger partial charge on any atom is 0.210 e. The van der Waals surface area contributed by atoms with Gasteiger partial charge < -0.3 is 10.6 Å². The molecule has 1 atom stereocenters. The second-order valence-corrected chi connectivity index (χ2v) is 6.35. The van der Waals surface area contributed by atoms with Crippen LogP contribution >= 0.6 is 23.4 Å². The van der Waals surface area contributed by atoms with Gasteiger partial charge in [0.15, 0.2) is 5.82 Å². The molecule has 1 unspecified atom stereocenters. The lowest BCUT2D eigenvalue weighted by Crippen LogP contribution is -2.22. The molecular weight excluding hydrogens is 308 g/mol. The van der Waals surface area contributed by atoms with E-state index in [0.717, 1.165) is 30.8 Å². The van der Waals surface area contributed by atoms with Gasteiger partial charge in [-0.2, -0.15) is 0 Å². The van der Waals surface area contributed by atoms with Crippen molar-refractivity contribution in [1.29, 1.82) is 0 Å². The average molecular weight is 325 g/mol. The van der Waals surface area contributed by atoms with Crippen LogP contribution in [-0.2, 0) is 4.74 Å². The predicted octanol–water partition coefficient (Wildman–Crippen LogP) is 2.97. The minimum atomic E-state index is 0.282.